The molecule has 0 radical (unpaired) electrons. The molecular weight excluding hydrogens is 400 g/mol. The van der Waals surface area contributed by atoms with Crippen LogP contribution in [0.2, 0.25) is 0 Å². The Labute approximate surface area is 192 Å². The lowest BCUT2D eigenvalue weighted by atomic mass is 10.0. The van der Waals surface area contributed by atoms with Gasteiger partial charge in [-0.2, -0.15) is 0 Å². The molecule has 172 valence electrons. The highest BCUT2D eigenvalue weighted by atomic mass is 16.5. The van der Waals surface area contributed by atoms with E-state index in [1.54, 1.807) is 7.11 Å². The Balaban J connectivity index is 1.53. The van der Waals surface area contributed by atoms with Gasteiger partial charge in [-0.05, 0) is 56.2 Å². The van der Waals surface area contributed by atoms with Gasteiger partial charge in [0.1, 0.15) is 0 Å². The Kier molecular flexibility index (Phi) is 7.56. The SMILES string of the molecule is CCCC(=O)N1CCN(c2ccc(OC)c(OC3CCCC3)c2)CC1Cc1ccccc1. The van der Waals surface area contributed by atoms with Crippen LogP contribution in [-0.4, -0.2) is 49.7 Å². The minimum absolute atomic E-state index is 0.159. The molecule has 0 N–H and O–H groups in total. The summed E-state index contributed by atoms with van der Waals surface area (Å²) in [7, 11) is 1.70. The first-order chi connectivity index (χ1) is 15.7. The zero-order valence-electron chi connectivity index (χ0n) is 19.5. The van der Waals surface area contributed by atoms with Crippen LogP contribution in [0.15, 0.2) is 48.5 Å². The van der Waals surface area contributed by atoms with Crippen LogP contribution >= 0.6 is 0 Å². The van der Waals surface area contributed by atoms with Crippen LogP contribution in [0, 0.1) is 0 Å². The number of methoxy groups -OCH3 is 1. The van der Waals surface area contributed by atoms with Gasteiger partial charge in [0.15, 0.2) is 11.5 Å². The molecule has 1 unspecified atom stereocenters. The highest BCUT2D eigenvalue weighted by Crippen LogP contribution is 2.35. The quantitative estimate of drug-likeness (QED) is 0.579. The van der Waals surface area contributed by atoms with E-state index < -0.39 is 0 Å². The maximum Gasteiger partial charge on any atom is 0.222 e. The molecule has 2 aromatic carbocycles. The summed E-state index contributed by atoms with van der Waals surface area (Å²) >= 11 is 0. The van der Waals surface area contributed by atoms with E-state index in [1.807, 2.05) is 12.1 Å². The van der Waals surface area contributed by atoms with Crippen LogP contribution in [-0.2, 0) is 11.2 Å². The summed E-state index contributed by atoms with van der Waals surface area (Å²) in [6, 6.07) is 16.9. The van der Waals surface area contributed by atoms with E-state index in [2.05, 4.69) is 53.1 Å². The van der Waals surface area contributed by atoms with E-state index in [0.717, 1.165) is 62.5 Å². The monoisotopic (exact) mass is 436 g/mol. The normalized spacial score (nSPS) is 19.2. The van der Waals surface area contributed by atoms with E-state index in [0.29, 0.717) is 6.42 Å². The number of carbonyl (C=O) groups is 1. The van der Waals surface area contributed by atoms with Gasteiger partial charge in [-0.15, -0.1) is 0 Å². The largest absolute Gasteiger partial charge is 0.493 e. The average molecular weight is 437 g/mol. The maximum absolute atomic E-state index is 12.8. The molecule has 0 aromatic heterocycles. The summed E-state index contributed by atoms with van der Waals surface area (Å²) in [4.78, 5) is 17.3. The molecule has 1 heterocycles. The number of piperazine rings is 1. The third-order valence-electron chi connectivity index (χ3n) is 6.69. The van der Waals surface area contributed by atoms with Crippen LogP contribution < -0.4 is 14.4 Å². The second-order valence-corrected chi connectivity index (χ2v) is 8.99. The second kappa shape index (κ2) is 10.8. The minimum atomic E-state index is 0.159. The summed E-state index contributed by atoms with van der Waals surface area (Å²) in [5, 5.41) is 0. The van der Waals surface area contributed by atoms with Crippen molar-refractivity contribution >= 4 is 11.6 Å². The van der Waals surface area contributed by atoms with Crippen LogP contribution in [0.4, 0.5) is 5.69 Å². The van der Waals surface area contributed by atoms with Crippen molar-refractivity contribution in [2.24, 2.45) is 0 Å². The van der Waals surface area contributed by atoms with Gasteiger partial charge in [-0.25, -0.2) is 0 Å². The smallest absolute Gasteiger partial charge is 0.222 e. The molecule has 2 fully saturated rings. The molecule has 0 bridgehead atoms. The first kappa shape index (κ1) is 22.5. The van der Waals surface area contributed by atoms with Crippen molar-refractivity contribution in [3.05, 3.63) is 54.1 Å². The average Bonchev–Trinajstić information content (AvgIpc) is 3.33. The van der Waals surface area contributed by atoms with Gasteiger partial charge in [0.05, 0.1) is 19.3 Å². The predicted octanol–water partition coefficient (Wildman–Crippen LogP) is 5.08. The van der Waals surface area contributed by atoms with Crippen molar-refractivity contribution in [2.75, 3.05) is 31.6 Å². The predicted molar refractivity (Wildman–Crippen MR) is 129 cm³/mol. The van der Waals surface area contributed by atoms with Crippen molar-refractivity contribution in [1.82, 2.24) is 4.90 Å². The summed E-state index contributed by atoms with van der Waals surface area (Å²) in [6.07, 6.45) is 7.37. The van der Waals surface area contributed by atoms with Crippen molar-refractivity contribution < 1.29 is 14.3 Å². The van der Waals surface area contributed by atoms with Crippen molar-refractivity contribution in [1.29, 1.82) is 0 Å². The number of ether oxygens (including phenoxy) is 2. The number of nitrogens with zero attached hydrogens (tertiary/aromatic N) is 2. The third kappa shape index (κ3) is 5.37. The second-order valence-electron chi connectivity index (χ2n) is 8.99. The molecule has 4 rings (SSSR count). The Morgan fingerprint density at radius 3 is 2.53 bits per heavy atom. The first-order valence-corrected chi connectivity index (χ1v) is 12.1. The zero-order chi connectivity index (χ0) is 22.3. The minimum Gasteiger partial charge on any atom is -0.493 e. The van der Waals surface area contributed by atoms with Gasteiger partial charge in [0.2, 0.25) is 5.91 Å². The molecule has 1 atom stereocenters. The Bertz CT molecular complexity index is 880. The van der Waals surface area contributed by atoms with E-state index >= 15 is 0 Å². The lowest BCUT2D eigenvalue weighted by molar-refractivity contribution is -0.134. The summed E-state index contributed by atoms with van der Waals surface area (Å²) < 4.78 is 11.9. The van der Waals surface area contributed by atoms with E-state index in [9.17, 15) is 4.79 Å². The van der Waals surface area contributed by atoms with Crippen LogP contribution in [0.25, 0.3) is 0 Å². The van der Waals surface area contributed by atoms with Crippen molar-refractivity contribution in [3.63, 3.8) is 0 Å². The van der Waals surface area contributed by atoms with Crippen LogP contribution in [0.3, 0.4) is 0 Å². The fraction of sp³-hybridized carbons (Fsp3) is 0.519. The lowest BCUT2D eigenvalue weighted by Gasteiger charge is -2.43. The molecule has 1 amide bonds. The molecule has 32 heavy (non-hydrogen) atoms. The summed E-state index contributed by atoms with van der Waals surface area (Å²) in [5.41, 5.74) is 2.41. The standard InChI is InChI=1S/C27H36N2O3/c1-3-9-27(30)29-17-16-28(20-23(29)18-21-10-5-4-6-11-21)22-14-15-25(31-2)26(19-22)32-24-12-7-8-13-24/h4-6,10-11,14-15,19,23-24H,3,7-9,12-13,16-18,20H2,1-2H3. The topological polar surface area (TPSA) is 42.0 Å². The third-order valence-corrected chi connectivity index (χ3v) is 6.69. The molecular formula is C27H36N2O3. The number of hydrogen-bond donors (Lipinski definition) is 0. The highest BCUT2D eigenvalue weighted by molar-refractivity contribution is 5.77. The van der Waals surface area contributed by atoms with Gasteiger partial charge in [-0.3, -0.25) is 4.79 Å². The van der Waals surface area contributed by atoms with Gasteiger partial charge in [0.25, 0.3) is 0 Å². The van der Waals surface area contributed by atoms with E-state index in [4.69, 9.17) is 9.47 Å². The van der Waals surface area contributed by atoms with E-state index in [1.165, 1.54) is 18.4 Å². The van der Waals surface area contributed by atoms with Gasteiger partial charge in [-0.1, -0.05) is 37.3 Å². The molecule has 1 aliphatic heterocycles. The number of anilines is 1. The number of rotatable bonds is 8. The molecule has 5 nitrogen and oxygen atoms in total. The van der Waals surface area contributed by atoms with Gasteiger partial charge in [0, 0.05) is 37.8 Å². The van der Waals surface area contributed by atoms with Gasteiger partial charge < -0.3 is 19.3 Å². The molecule has 2 aromatic rings. The number of carbonyl (C=O) groups excluding carboxylic acids is 1. The molecule has 0 spiro atoms. The first-order valence-electron chi connectivity index (χ1n) is 12.1. The van der Waals surface area contributed by atoms with E-state index in [-0.39, 0.29) is 18.1 Å². The molecule has 1 saturated heterocycles. The maximum atomic E-state index is 12.8. The molecule has 2 aliphatic rings. The number of hydrogen-bond acceptors (Lipinski definition) is 4. The van der Waals surface area contributed by atoms with Crippen LogP contribution in [0.5, 0.6) is 11.5 Å². The fourth-order valence-electron chi connectivity index (χ4n) is 4.98. The lowest BCUT2D eigenvalue weighted by Crippen LogP contribution is -2.56. The Morgan fingerprint density at radius 1 is 1.03 bits per heavy atom. The summed E-state index contributed by atoms with van der Waals surface area (Å²) in [6.45, 7) is 4.47. The van der Waals surface area contributed by atoms with Gasteiger partial charge >= 0.3 is 0 Å². The van der Waals surface area contributed by atoms with Crippen LogP contribution in [0.1, 0.15) is 51.0 Å². The zero-order valence-corrected chi connectivity index (χ0v) is 19.5. The molecule has 1 aliphatic carbocycles. The van der Waals surface area contributed by atoms with Crippen molar-refractivity contribution in [3.8, 4) is 11.5 Å². The molecule has 1 saturated carbocycles. The Morgan fingerprint density at radius 2 is 1.81 bits per heavy atom. The molecule has 5 heteroatoms. The highest BCUT2D eigenvalue weighted by Gasteiger charge is 2.31. The van der Waals surface area contributed by atoms with Crippen molar-refractivity contribution in [2.45, 2.75) is 64.0 Å². The number of benzene rings is 2. The Hall–Kier alpha value is -2.69. The fourth-order valence-corrected chi connectivity index (χ4v) is 4.98. The number of amides is 1. The summed E-state index contributed by atoms with van der Waals surface area (Å²) in [5.74, 6) is 1.90.